The molecule has 0 rings (SSSR count). The average molecular weight is 1190 g/mol. The molecule has 0 aromatic rings. The monoisotopic (exact) mass is 1190 g/mol. The molecule has 0 spiro atoms. The van der Waals surface area contributed by atoms with Gasteiger partial charge in [0.1, 0.15) is 0 Å². The first-order chi connectivity index (χ1) is 42.0. The second kappa shape index (κ2) is 74.3. The van der Waals surface area contributed by atoms with Crippen molar-refractivity contribution < 1.29 is 24.5 Å². The van der Waals surface area contributed by atoms with Gasteiger partial charge in [0.15, 0.2) is 0 Å². The third kappa shape index (κ3) is 70.8. The Morgan fingerprint density at radius 1 is 0.329 bits per heavy atom. The quantitative estimate of drug-likeness (QED) is 0.0320. The lowest BCUT2D eigenvalue weighted by Crippen LogP contribution is -2.45. The Morgan fingerprint density at radius 2 is 0.588 bits per heavy atom. The van der Waals surface area contributed by atoms with Crippen molar-refractivity contribution in [3.8, 4) is 0 Å². The van der Waals surface area contributed by atoms with Crippen molar-refractivity contribution in [2.24, 2.45) is 0 Å². The Hall–Kier alpha value is -2.18. The fourth-order valence-electron chi connectivity index (χ4n) is 12.0. The van der Waals surface area contributed by atoms with Gasteiger partial charge in [0.25, 0.3) is 0 Å². The standard InChI is InChI=1S/C79H149NO5/c1-3-5-7-9-11-13-15-17-19-21-37-41-45-49-53-57-61-65-69-73-79(84)85-74-70-66-62-58-54-50-46-42-39-36-34-32-30-28-26-24-22-23-25-27-29-31-33-35-38-40-44-48-52-56-60-64-68-72-78(83)80-76(75-81)77(82)71-67-63-59-55-51-47-43-20-18-16-14-12-10-8-6-4-2/h11,13,17,19,26,28,67,71,76-77,81-82H,3-10,12,14-16,18,20-25,27,29-66,68-70,72-75H2,1-2H3,(H,80,83)/b13-11-,19-17-,28-26-,71-67+. The molecule has 0 aliphatic carbocycles. The summed E-state index contributed by atoms with van der Waals surface area (Å²) in [4.78, 5) is 24.6. The lowest BCUT2D eigenvalue weighted by atomic mass is 10.0. The van der Waals surface area contributed by atoms with E-state index in [9.17, 15) is 19.8 Å². The lowest BCUT2D eigenvalue weighted by Gasteiger charge is -2.20. The minimum absolute atomic E-state index is 0.0150. The van der Waals surface area contributed by atoms with Gasteiger partial charge in [-0.2, -0.15) is 0 Å². The Kier molecular flexibility index (Phi) is 72.4. The first-order valence-electron chi connectivity index (χ1n) is 38.4. The highest BCUT2D eigenvalue weighted by molar-refractivity contribution is 5.76. The van der Waals surface area contributed by atoms with Crippen molar-refractivity contribution in [2.75, 3.05) is 13.2 Å². The maximum absolute atomic E-state index is 12.5. The second-order valence-corrected chi connectivity index (χ2v) is 26.3. The zero-order valence-corrected chi connectivity index (χ0v) is 57.4. The van der Waals surface area contributed by atoms with E-state index in [0.717, 1.165) is 51.4 Å². The number of nitrogens with one attached hydrogen (secondary N) is 1. The molecular weight excluding hydrogens is 1040 g/mol. The van der Waals surface area contributed by atoms with E-state index in [1.165, 1.54) is 340 Å². The summed E-state index contributed by atoms with van der Waals surface area (Å²) in [5.41, 5.74) is 0. The van der Waals surface area contributed by atoms with E-state index in [1.54, 1.807) is 6.08 Å². The fraction of sp³-hybridized carbons (Fsp3) is 0.873. The van der Waals surface area contributed by atoms with Gasteiger partial charge in [-0.25, -0.2) is 0 Å². The first-order valence-corrected chi connectivity index (χ1v) is 38.4. The van der Waals surface area contributed by atoms with E-state index < -0.39 is 12.1 Å². The summed E-state index contributed by atoms with van der Waals surface area (Å²) in [6, 6.07) is -0.626. The molecule has 0 aromatic heterocycles. The molecular formula is C79H149NO5. The second-order valence-electron chi connectivity index (χ2n) is 26.3. The topological polar surface area (TPSA) is 95.9 Å². The number of ether oxygens (including phenoxy) is 1. The van der Waals surface area contributed by atoms with Crippen LogP contribution in [0.1, 0.15) is 418 Å². The molecule has 6 nitrogen and oxygen atoms in total. The highest BCUT2D eigenvalue weighted by Crippen LogP contribution is 2.19. The van der Waals surface area contributed by atoms with Crippen LogP contribution in [0.4, 0.5) is 0 Å². The summed E-state index contributed by atoms with van der Waals surface area (Å²) in [6.45, 7) is 4.91. The van der Waals surface area contributed by atoms with Crippen LogP contribution in [0.15, 0.2) is 48.6 Å². The van der Waals surface area contributed by atoms with E-state index in [2.05, 4.69) is 55.6 Å². The van der Waals surface area contributed by atoms with Crippen LogP contribution in [-0.2, 0) is 14.3 Å². The molecule has 0 saturated heterocycles. The smallest absolute Gasteiger partial charge is 0.305 e. The number of amides is 1. The molecule has 0 aliphatic rings. The Morgan fingerprint density at radius 3 is 0.929 bits per heavy atom. The van der Waals surface area contributed by atoms with E-state index in [4.69, 9.17) is 4.74 Å². The number of rotatable bonds is 72. The summed E-state index contributed by atoms with van der Waals surface area (Å²) >= 11 is 0. The number of allylic oxidation sites excluding steroid dienone is 7. The molecule has 2 atom stereocenters. The largest absolute Gasteiger partial charge is 0.466 e. The summed E-state index contributed by atoms with van der Waals surface area (Å²) in [5, 5.41) is 23.2. The van der Waals surface area contributed by atoms with Crippen LogP contribution in [0.5, 0.6) is 0 Å². The number of aliphatic hydroxyl groups excluding tert-OH is 2. The molecule has 2 unspecified atom stereocenters. The SMILES string of the molecule is CCCCC/C=C\C/C=C\CCCCCCCCCCCC(=O)OCCCCCCCCCCCCCC/C=C\CCCCCCCCCCCCCCCCCCCC(=O)NC(CO)C(O)/C=C/CCCCCCCCCCCCCCCC. The summed E-state index contributed by atoms with van der Waals surface area (Å²) in [7, 11) is 0. The Labute approximate surface area is 531 Å². The van der Waals surface area contributed by atoms with E-state index >= 15 is 0 Å². The van der Waals surface area contributed by atoms with Crippen LogP contribution in [-0.4, -0.2) is 47.4 Å². The molecule has 85 heavy (non-hydrogen) atoms. The molecule has 3 N–H and O–H groups in total. The Bertz CT molecular complexity index is 1420. The van der Waals surface area contributed by atoms with Crippen molar-refractivity contribution in [3.05, 3.63) is 48.6 Å². The van der Waals surface area contributed by atoms with E-state index in [-0.39, 0.29) is 18.5 Å². The van der Waals surface area contributed by atoms with Gasteiger partial charge < -0.3 is 20.3 Å². The zero-order chi connectivity index (χ0) is 61.3. The zero-order valence-electron chi connectivity index (χ0n) is 57.4. The van der Waals surface area contributed by atoms with Gasteiger partial charge in [-0.15, -0.1) is 0 Å². The van der Waals surface area contributed by atoms with Crippen LogP contribution in [0.2, 0.25) is 0 Å². The highest BCUT2D eigenvalue weighted by Gasteiger charge is 2.18. The summed E-state index contributed by atoms with van der Waals surface area (Å²) < 4.78 is 5.51. The molecule has 0 radical (unpaired) electrons. The third-order valence-corrected chi connectivity index (χ3v) is 17.8. The minimum atomic E-state index is -0.843. The molecule has 1 amide bonds. The number of hydrogen-bond donors (Lipinski definition) is 3. The van der Waals surface area contributed by atoms with Gasteiger partial charge >= 0.3 is 5.97 Å². The van der Waals surface area contributed by atoms with Crippen molar-refractivity contribution in [2.45, 2.75) is 431 Å². The number of unbranched alkanes of at least 4 members (excludes halogenated alkanes) is 55. The van der Waals surface area contributed by atoms with Crippen LogP contribution in [0.3, 0.4) is 0 Å². The van der Waals surface area contributed by atoms with Gasteiger partial charge in [-0.3, -0.25) is 9.59 Å². The third-order valence-electron chi connectivity index (χ3n) is 17.8. The number of carbonyl (C=O) groups is 2. The maximum atomic E-state index is 12.5. The predicted octanol–water partition coefficient (Wildman–Crippen LogP) is 25.2. The van der Waals surface area contributed by atoms with Crippen LogP contribution in [0.25, 0.3) is 0 Å². The number of esters is 1. The number of aliphatic hydroxyl groups is 2. The van der Waals surface area contributed by atoms with E-state index in [0.29, 0.717) is 19.4 Å². The molecule has 0 heterocycles. The summed E-state index contributed by atoms with van der Waals surface area (Å²) in [6.07, 6.45) is 97.9. The highest BCUT2D eigenvalue weighted by atomic mass is 16.5. The number of carbonyl (C=O) groups excluding carboxylic acids is 2. The number of hydrogen-bond acceptors (Lipinski definition) is 5. The van der Waals surface area contributed by atoms with Crippen molar-refractivity contribution in [3.63, 3.8) is 0 Å². The molecule has 0 aromatic carbocycles. The van der Waals surface area contributed by atoms with Gasteiger partial charge in [0, 0.05) is 12.8 Å². The van der Waals surface area contributed by atoms with Crippen molar-refractivity contribution in [1.82, 2.24) is 5.32 Å². The van der Waals surface area contributed by atoms with Crippen LogP contribution >= 0.6 is 0 Å². The summed E-state index contributed by atoms with van der Waals surface area (Å²) in [5.74, 6) is -0.0473. The molecule has 0 saturated carbocycles. The van der Waals surface area contributed by atoms with E-state index in [1.807, 2.05) is 6.08 Å². The molecule has 0 aliphatic heterocycles. The van der Waals surface area contributed by atoms with Gasteiger partial charge in [-0.05, 0) is 89.9 Å². The van der Waals surface area contributed by atoms with Crippen molar-refractivity contribution in [1.29, 1.82) is 0 Å². The Balaban J connectivity index is 3.35. The average Bonchev–Trinajstić information content (AvgIpc) is 3.51. The normalized spacial score (nSPS) is 12.8. The van der Waals surface area contributed by atoms with Gasteiger partial charge in [-0.1, -0.05) is 364 Å². The van der Waals surface area contributed by atoms with Crippen LogP contribution < -0.4 is 5.32 Å². The molecule has 0 bridgehead atoms. The molecule has 6 heteroatoms. The first kappa shape index (κ1) is 82.8. The van der Waals surface area contributed by atoms with Crippen molar-refractivity contribution >= 4 is 11.9 Å². The minimum Gasteiger partial charge on any atom is -0.466 e. The van der Waals surface area contributed by atoms with Crippen LogP contribution in [0, 0.1) is 0 Å². The molecule has 500 valence electrons. The maximum Gasteiger partial charge on any atom is 0.305 e. The predicted molar refractivity (Wildman–Crippen MR) is 375 cm³/mol. The van der Waals surface area contributed by atoms with Gasteiger partial charge in [0.2, 0.25) is 5.91 Å². The van der Waals surface area contributed by atoms with Gasteiger partial charge in [0.05, 0.1) is 25.4 Å². The molecule has 0 fully saturated rings. The lowest BCUT2D eigenvalue weighted by molar-refractivity contribution is -0.143. The fourth-order valence-corrected chi connectivity index (χ4v) is 12.0.